The number of halogens is 1. The number of aryl methyl sites for hydroxylation is 2. The molecule has 0 fully saturated rings. The van der Waals surface area contributed by atoms with Gasteiger partial charge in [0.25, 0.3) is 0 Å². The normalized spacial score (nSPS) is 16.7. The molecule has 1 aromatic heterocycles. The molecule has 1 unspecified atom stereocenters. The number of hydrogen-bond donors (Lipinski definition) is 2. The maximum atomic E-state index is 9.03. The Morgan fingerprint density at radius 2 is 2.23 bits per heavy atom. The molecule has 22 heavy (non-hydrogen) atoms. The van der Waals surface area contributed by atoms with Gasteiger partial charge in [-0.05, 0) is 55.5 Å². The van der Waals surface area contributed by atoms with E-state index in [1.54, 1.807) is 6.07 Å². The Bertz CT molecular complexity index is 764. The molecule has 0 amide bonds. The summed E-state index contributed by atoms with van der Waals surface area (Å²) in [5.74, 6) is 0.632. The van der Waals surface area contributed by atoms with Crippen LogP contribution in [0, 0.1) is 18.3 Å². The highest BCUT2D eigenvalue weighted by molar-refractivity contribution is 6.33. The first kappa shape index (κ1) is 14.7. The molecule has 5 heteroatoms. The summed E-state index contributed by atoms with van der Waals surface area (Å²) < 4.78 is 0. The average molecular weight is 313 g/mol. The minimum absolute atomic E-state index is 0.168. The molecule has 1 aliphatic rings. The summed E-state index contributed by atoms with van der Waals surface area (Å²) in [6.45, 7) is 1.82. The molecule has 2 aromatic rings. The van der Waals surface area contributed by atoms with E-state index < -0.39 is 0 Å². The van der Waals surface area contributed by atoms with Gasteiger partial charge >= 0.3 is 0 Å². The Kier molecular flexibility index (Phi) is 3.91. The number of nitrogens with zero attached hydrogens (tertiary/aromatic N) is 2. The molecule has 1 heterocycles. The molecule has 112 valence electrons. The molecular formula is C17H17ClN4. The van der Waals surface area contributed by atoms with Crippen molar-refractivity contribution in [3.8, 4) is 6.07 Å². The Hall–Kier alpha value is -2.25. The van der Waals surface area contributed by atoms with Gasteiger partial charge in [-0.25, -0.2) is 4.98 Å². The quantitative estimate of drug-likeness (QED) is 0.822. The van der Waals surface area contributed by atoms with E-state index in [1.165, 1.54) is 11.1 Å². The number of anilines is 2. The van der Waals surface area contributed by atoms with Gasteiger partial charge in [0.2, 0.25) is 0 Å². The fourth-order valence-electron chi connectivity index (χ4n) is 2.94. The van der Waals surface area contributed by atoms with Crippen LogP contribution >= 0.6 is 11.6 Å². The molecule has 1 aromatic carbocycles. The molecule has 0 radical (unpaired) electrons. The van der Waals surface area contributed by atoms with Gasteiger partial charge in [0.15, 0.2) is 0 Å². The van der Waals surface area contributed by atoms with Crippen molar-refractivity contribution in [2.45, 2.75) is 32.2 Å². The second-order valence-corrected chi connectivity index (χ2v) is 6.02. The Morgan fingerprint density at radius 1 is 1.41 bits per heavy atom. The van der Waals surface area contributed by atoms with Gasteiger partial charge in [-0.15, -0.1) is 0 Å². The number of benzene rings is 1. The molecule has 1 atom stereocenters. The molecule has 0 bridgehead atoms. The Balaban J connectivity index is 1.93. The number of nitrogen functional groups attached to an aromatic ring is 1. The number of nitrogens with two attached hydrogens (primary N) is 1. The second kappa shape index (κ2) is 5.86. The number of pyridine rings is 1. The number of fused-ring (bicyclic) bond motifs is 1. The van der Waals surface area contributed by atoms with Crippen LogP contribution in [-0.4, -0.2) is 4.98 Å². The van der Waals surface area contributed by atoms with Crippen molar-refractivity contribution in [2.75, 3.05) is 11.1 Å². The highest BCUT2D eigenvalue weighted by Gasteiger charge is 2.21. The lowest BCUT2D eigenvalue weighted by Crippen LogP contribution is -2.18. The lowest BCUT2D eigenvalue weighted by Gasteiger charge is -2.27. The van der Waals surface area contributed by atoms with Crippen LogP contribution in [-0.2, 0) is 6.42 Å². The largest absolute Gasteiger partial charge is 0.399 e. The lowest BCUT2D eigenvalue weighted by atomic mass is 9.87. The minimum atomic E-state index is 0.168. The first-order valence-electron chi connectivity index (χ1n) is 7.30. The van der Waals surface area contributed by atoms with E-state index in [1.807, 2.05) is 19.1 Å². The minimum Gasteiger partial charge on any atom is -0.399 e. The van der Waals surface area contributed by atoms with Gasteiger partial charge in [-0.2, -0.15) is 5.26 Å². The molecule has 0 saturated carbocycles. The van der Waals surface area contributed by atoms with E-state index in [0.29, 0.717) is 22.1 Å². The van der Waals surface area contributed by atoms with Gasteiger partial charge < -0.3 is 11.1 Å². The van der Waals surface area contributed by atoms with E-state index in [9.17, 15) is 0 Å². The monoisotopic (exact) mass is 312 g/mol. The third-order valence-electron chi connectivity index (χ3n) is 4.08. The summed E-state index contributed by atoms with van der Waals surface area (Å²) >= 11 is 6.26. The van der Waals surface area contributed by atoms with Crippen molar-refractivity contribution in [3.63, 3.8) is 0 Å². The van der Waals surface area contributed by atoms with Crippen molar-refractivity contribution < 1.29 is 0 Å². The fraction of sp³-hybridized carbons (Fsp3) is 0.294. The number of nitriles is 1. The number of aromatic nitrogens is 1. The zero-order chi connectivity index (χ0) is 15.7. The third kappa shape index (κ3) is 2.72. The van der Waals surface area contributed by atoms with Crippen molar-refractivity contribution in [3.05, 3.63) is 51.7 Å². The first-order chi connectivity index (χ1) is 10.6. The SMILES string of the molecule is Cc1nc(NC2CCCc3cc(N)ccc32)c(Cl)cc1C#N. The highest BCUT2D eigenvalue weighted by atomic mass is 35.5. The zero-order valence-electron chi connectivity index (χ0n) is 12.4. The molecule has 0 spiro atoms. The van der Waals surface area contributed by atoms with E-state index >= 15 is 0 Å². The van der Waals surface area contributed by atoms with Crippen LogP contribution in [0.15, 0.2) is 24.3 Å². The number of rotatable bonds is 2. The molecule has 3 N–H and O–H groups in total. The van der Waals surface area contributed by atoms with Gasteiger partial charge in [0.05, 0.1) is 22.3 Å². The van der Waals surface area contributed by atoms with Crippen LogP contribution in [0.4, 0.5) is 11.5 Å². The molecule has 0 saturated heterocycles. The summed E-state index contributed by atoms with van der Waals surface area (Å²) in [7, 11) is 0. The summed E-state index contributed by atoms with van der Waals surface area (Å²) in [6, 6.07) is 9.98. The maximum Gasteiger partial charge on any atom is 0.145 e. The number of hydrogen-bond acceptors (Lipinski definition) is 4. The summed E-state index contributed by atoms with van der Waals surface area (Å²) in [6.07, 6.45) is 3.17. The van der Waals surface area contributed by atoms with Gasteiger partial charge in [0, 0.05) is 5.69 Å². The standard InChI is InChI=1S/C17H17ClN4/c1-10-12(9-19)8-15(18)17(21-10)22-16-4-2-3-11-7-13(20)5-6-14(11)16/h5-8,16H,2-4,20H2,1H3,(H,21,22). The molecular weight excluding hydrogens is 296 g/mol. The van der Waals surface area contributed by atoms with Crippen LogP contribution < -0.4 is 11.1 Å². The average Bonchev–Trinajstić information content (AvgIpc) is 2.50. The van der Waals surface area contributed by atoms with Crippen LogP contribution in [0.25, 0.3) is 0 Å². The molecule has 1 aliphatic carbocycles. The zero-order valence-corrected chi connectivity index (χ0v) is 13.1. The Labute approximate surface area is 134 Å². The molecule has 0 aliphatic heterocycles. The van der Waals surface area contributed by atoms with Gasteiger partial charge in [-0.1, -0.05) is 17.7 Å². The predicted octanol–water partition coefficient (Wildman–Crippen LogP) is 3.99. The highest BCUT2D eigenvalue weighted by Crippen LogP contribution is 2.35. The van der Waals surface area contributed by atoms with E-state index in [2.05, 4.69) is 22.4 Å². The maximum absolute atomic E-state index is 9.03. The summed E-state index contributed by atoms with van der Waals surface area (Å²) in [5, 5.41) is 12.9. The topological polar surface area (TPSA) is 74.7 Å². The van der Waals surface area contributed by atoms with Crippen molar-refractivity contribution in [2.24, 2.45) is 0 Å². The smallest absolute Gasteiger partial charge is 0.145 e. The van der Waals surface area contributed by atoms with Gasteiger partial charge in [-0.3, -0.25) is 0 Å². The van der Waals surface area contributed by atoms with Crippen molar-refractivity contribution >= 4 is 23.1 Å². The third-order valence-corrected chi connectivity index (χ3v) is 4.37. The first-order valence-corrected chi connectivity index (χ1v) is 7.68. The van der Waals surface area contributed by atoms with E-state index in [0.717, 1.165) is 24.9 Å². The number of nitrogens with one attached hydrogen (secondary N) is 1. The predicted molar refractivity (Wildman–Crippen MR) is 88.9 cm³/mol. The summed E-state index contributed by atoms with van der Waals surface area (Å²) in [4.78, 5) is 4.44. The van der Waals surface area contributed by atoms with E-state index in [4.69, 9.17) is 22.6 Å². The van der Waals surface area contributed by atoms with Crippen LogP contribution in [0.3, 0.4) is 0 Å². The van der Waals surface area contributed by atoms with Gasteiger partial charge in [0.1, 0.15) is 11.9 Å². The van der Waals surface area contributed by atoms with Crippen LogP contribution in [0.1, 0.15) is 41.3 Å². The van der Waals surface area contributed by atoms with Crippen molar-refractivity contribution in [1.82, 2.24) is 4.98 Å². The lowest BCUT2D eigenvalue weighted by molar-refractivity contribution is 0.599. The fourth-order valence-corrected chi connectivity index (χ4v) is 3.15. The molecule has 3 rings (SSSR count). The molecule has 4 nitrogen and oxygen atoms in total. The van der Waals surface area contributed by atoms with Crippen molar-refractivity contribution in [1.29, 1.82) is 5.26 Å². The van der Waals surface area contributed by atoms with E-state index in [-0.39, 0.29) is 6.04 Å². The second-order valence-electron chi connectivity index (χ2n) is 5.61. The summed E-state index contributed by atoms with van der Waals surface area (Å²) in [5.41, 5.74) is 10.4. The van der Waals surface area contributed by atoms with Crippen LogP contribution in [0.5, 0.6) is 0 Å². The van der Waals surface area contributed by atoms with Crippen LogP contribution in [0.2, 0.25) is 5.02 Å². The Morgan fingerprint density at radius 3 is 3.00 bits per heavy atom.